The van der Waals surface area contributed by atoms with Crippen molar-refractivity contribution >= 4 is 17.9 Å². The summed E-state index contributed by atoms with van der Waals surface area (Å²) < 4.78 is 10.7. The van der Waals surface area contributed by atoms with Crippen LogP contribution in [0.2, 0.25) is 0 Å². The molecule has 6 nitrogen and oxygen atoms in total. The summed E-state index contributed by atoms with van der Waals surface area (Å²) in [5, 5.41) is 5.32. The van der Waals surface area contributed by atoms with Crippen molar-refractivity contribution in [3.05, 3.63) is 29.8 Å². The van der Waals surface area contributed by atoms with Crippen LogP contribution in [0.4, 0.5) is 0 Å². The number of carbonyl (C=O) groups is 2. The molecule has 2 N–H and O–H groups in total. The van der Waals surface area contributed by atoms with Crippen LogP contribution >= 0.6 is 0 Å². The summed E-state index contributed by atoms with van der Waals surface area (Å²) >= 11 is 0. The van der Waals surface area contributed by atoms with E-state index in [1.807, 2.05) is 33.8 Å². The first kappa shape index (κ1) is 19.5. The average molecular weight is 334 g/mol. The molecule has 0 saturated heterocycles. The largest absolute Gasteiger partial charge is 0.493 e. The van der Waals surface area contributed by atoms with Crippen LogP contribution in [-0.2, 0) is 9.59 Å². The fourth-order valence-corrected chi connectivity index (χ4v) is 1.92. The number of amides is 2. The van der Waals surface area contributed by atoms with Gasteiger partial charge in [-0.05, 0) is 51.5 Å². The summed E-state index contributed by atoms with van der Waals surface area (Å²) in [7, 11) is 1.56. The third-order valence-corrected chi connectivity index (χ3v) is 2.85. The van der Waals surface area contributed by atoms with E-state index in [1.54, 1.807) is 25.3 Å². The molecular formula is C18H26N2O4. The van der Waals surface area contributed by atoms with Gasteiger partial charge in [-0.3, -0.25) is 9.59 Å². The van der Waals surface area contributed by atoms with Crippen molar-refractivity contribution in [2.45, 2.75) is 33.2 Å². The molecular weight excluding hydrogens is 308 g/mol. The van der Waals surface area contributed by atoms with Gasteiger partial charge in [0, 0.05) is 11.6 Å². The molecule has 0 aliphatic heterocycles. The summed E-state index contributed by atoms with van der Waals surface area (Å²) in [5.74, 6) is 0.684. The topological polar surface area (TPSA) is 76.7 Å². The van der Waals surface area contributed by atoms with Crippen molar-refractivity contribution in [1.29, 1.82) is 0 Å². The highest BCUT2D eigenvalue weighted by molar-refractivity contribution is 5.94. The third kappa shape index (κ3) is 7.17. The van der Waals surface area contributed by atoms with Gasteiger partial charge in [-0.2, -0.15) is 0 Å². The molecule has 0 aliphatic carbocycles. The van der Waals surface area contributed by atoms with Crippen molar-refractivity contribution in [1.82, 2.24) is 10.6 Å². The predicted octanol–water partition coefficient (Wildman–Crippen LogP) is 2.14. The zero-order chi connectivity index (χ0) is 18.2. The van der Waals surface area contributed by atoms with Crippen LogP contribution in [0.5, 0.6) is 11.5 Å². The Labute approximate surface area is 143 Å². The Hall–Kier alpha value is -2.50. The van der Waals surface area contributed by atoms with Gasteiger partial charge in [-0.15, -0.1) is 0 Å². The van der Waals surface area contributed by atoms with Crippen LogP contribution in [0.1, 0.15) is 33.3 Å². The fraction of sp³-hybridized carbons (Fsp3) is 0.444. The molecule has 2 amide bonds. The van der Waals surface area contributed by atoms with Crippen molar-refractivity contribution in [3.8, 4) is 11.5 Å². The Morgan fingerprint density at radius 2 is 1.92 bits per heavy atom. The van der Waals surface area contributed by atoms with Gasteiger partial charge < -0.3 is 20.1 Å². The number of hydrogen-bond acceptors (Lipinski definition) is 4. The highest BCUT2D eigenvalue weighted by atomic mass is 16.5. The molecule has 0 saturated carbocycles. The fourth-order valence-electron chi connectivity index (χ4n) is 1.92. The molecule has 0 aromatic heterocycles. The quantitative estimate of drug-likeness (QED) is 0.749. The van der Waals surface area contributed by atoms with E-state index in [1.165, 1.54) is 6.08 Å². The Balaban J connectivity index is 2.59. The molecule has 1 aromatic rings. The predicted molar refractivity (Wildman–Crippen MR) is 94.1 cm³/mol. The number of methoxy groups -OCH3 is 1. The van der Waals surface area contributed by atoms with Crippen molar-refractivity contribution in [2.75, 3.05) is 20.3 Å². The van der Waals surface area contributed by atoms with Gasteiger partial charge in [-0.1, -0.05) is 6.07 Å². The Bertz CT molecular complexity index is 604. The van der Waals surface area contributed by atoms with Crippen LogP contribution in [-0.4, -0.2) is 37.6 Å². The monoisotopic (exact) mass is 334 g/mol. The molecule has 0 spiro atoms. The number of benzene rings is 1. The van der Waals surface area contributed by atoms with E-state index in [0.717, 1.165) is 5.56 Å². The van der Waals surface area contributed by atoms with E-state index in [-0.39, 0.29) is 23.9 Å². The second kappa shape index (κ2) is 8.96. The SMILES string of the molecule is CCOc1ccc(/C=C/C(=O)NCC(=O)NC(C)(C)C)cc1OC. The number of rotatable bonds is 7. The maximum absolute atomic E-state index is 11.8. The van der Waals surface area contributed by atoms with Gasteiger partial charge in [0.25, 0.3) is 0 Å². The maximum Gasteiger partial charge on any atom is 0.244 e. The summed E-state index contributed by atoms with van der Waals surface area (Å²) in [6, 6.07) is 5.39. The average Bonchev–Trinajstić information content (AvgIpc) is 2.50. The summed E-state index contributed by atoms with van der Waals surface area (Å²) in [4.78, 5) is 23.4. The van der Waals surface area contributed by atoms with E-state index in [0.29, 0.717) is 18.1 Å². The Kier molecular flexibility index (Phi) is 7.30. The van der Waals surface area contributed by atoms with Crippen LogP contribution in [0.25, 0.3) is 6.08 Å². The van der Waals surface area contributed by atoms with Gasteiger partial charge in [-0.25, -0.2) is 0 Å². The lowest BCUT2D eigenvalue weighted by Crippen LogP contribution is -2.45. The van der Waals surface area contributed by atoms with E-state index >= 15 is 0 Å². The molecule has 6 heteroatoms. The summed E-state index contributed by atoms with van der Waals surface area (Å²) in [6.45, 7) is 8.02. The molecule has 132 valence electrons. The summed E-state index contributed by atoms with van der Waals surface area (Å²) in [5.41, 5.74) is 0.473. The zero-order valence-electron chi connectivity index (χ0n) is 14.9. The first-order valence-corrected chi connectivity index (χ1v) is 7.83. The van der Waals surface area contributed by atoms with E-state index < -0.39 is 0 Å². The zero-order valence-corrected chi connectivity index (χ0v) is 14.9. The molecule has 0 unspecified atom stereocenters. The van der Waals surface area contributed by atoms with Crippen LogP contribution in [0.3, 0.4) is 0 Å². The van der Waals surface area contributed by atoms with Gasteiger partial charge >= 0.3 is 0 Å². The molecule has 0 bridgehead atoms. The van der Waals surface area contributed by atoms with Crippen molar-refractivity contribution < 1.29 is 19.1 Å². The second-order valence-corrected chi connectivity index (χ2v) is 6.19. The minimum absolute atomic E-state index is 0.0625. The standard InChI is InChI=1S/C18H26N2O4/c1-6-24-14-9-7-13(11-15(14)23-5)8-10-16(21)19-12-17(22)20-18(2,3)4/h7-11H,6,12H2,1-5H3,(H,19,21)(H,20,22)/b10-8+. The van der Waals surface area contributed by atoms with Crippen molar-refractivity contribution in [3.63, 3.8) is 0 Å². The number of ether oxygens (including phenoxy) is 2. The number of nitrogens with one attached hydrogen (secondary N) is 2. The van der Waals surface area contributed by atoms with E-state index in [9.17, 15) is 9.59 Å². The Morgan fingerprint density at radius 1 is 1.21 bits per heavy atom. The highest BCUT2D eigenvalue weighted by Gasteiger charge is 2.13. The van der Waals surface area contributed by atoms with Crippen LogP contribution in [0.15, 0.2) is 24.3 Å². The molecule has 0 aliphatic rings. The molecule has 0 radical (unpaired) electrons. The van der Waals surface area contributed by atoms with Gasteiger partial charge in [0.15, 0.2) is 11.5 Å². The normalized spacial score (nSPS) is 11.2. The van der Waals surface area contributed by atoms with Crippen LogP contribution in [0, 0.1) is 0 Å². The van der Waals surface area contributed by atoms with Crippen LogP contribution < -0.4 is 20.1 Å². The minimum atomic E-state index is -0.341. The smallest absolute Gasteiger partial charge is 0.244 e. The second-order valence-electron chi connectivity index (χ2n) is 6.19. The first-order valence-electron chi connectivity index (χ1n) is 7.83. The van der Waals surface area contributed by atoms with E-state index in [4.69, 9.17) is 9.47 Å². The molecule has 0 heterocycles. The molecule has 0 atom stereocenters. The van der Waals surface area contributed by atoms with Gasteiger partial charge in [0.05, 0.1) is 20.3 Å². The molecule has 1 aromatic carbocycles. The van der Waals surface area contributed by atoms with Crippen molar-refractivity contribution in [2.24, 2.45) is 0 Å². The number of hydrogen-bond donors (Lipinski definition) is 2. The molecule has 24 heavy (non-hydrogen) atoms. The maximum atomic E-state index is 11.8. The highest BCUT2D eigenvalue weighted by Crippen LogP contribution is 2.28. The molecule has 0 fully saturated rings. The lowest BCUT2D eigenvalue weighted by molar-refractivity contribution is -0.124. The lowest BCUT2D eigenvalue weighted by atomic mass is 10.1. The lowest BCUT2D eigenvalue weighted by Gasteiger charge is -2.20. The van der Waals surface area contributed by atoms with Gasteiger partial charge in [0.1, 0.15) is 0 Å². The van der Waals surface area contributed by atoms with Gasteiger partial charge in [0.2, 0.25) is 11.8 Å². The first-order chi connectivity index (χ1) is 11.2. The molecule has 1 rings (SSSR count). The van der Waals surface area contributed by atoms with E-state index in [2.05, 4.69) is 10.6 Å². The number of carbonyl (C=O) groups excluding carboxylic acids is 2. The summed E-state index contributed by atoms with van der Waals surface area (Å²) in [6.07, 6.45) is 3.02. The minimum Gasteiger partial charge on any atom is -0.493 e. The third-order valence-electron chi connectivity index (χ3n) is 2.85. The Morgan fingerprint density at radius 3 is 2.50 bits per heavy atom.